The van der Waals surface area contributed by atoms with E-state index in [-0.39, 0.29) is 51.2 Å². The molecule has 3 N–H and O–H groups in total. The van der Waals surface area contributed by atoms with Gasteiger partial charge in [0.15, 0.2) is 0 Å². The predicted molar refractivity (Wildman–Crippen MR) is 116 cm³/mol. The zero-order valence-electron chi connectivity index (χ0n) is 17.4. The Kier molecular flexibility index (Phi) is 5.42. The zero-order chi connectivity index (χ0) is 21.5. The van der Waals surface area contributed by atoms with E-state index in [0.29, 0.717) is 17.5 Å². The van der Waals surface area contributed by atoms with Crippen LogP contribution in [-0.4, -0.2) is 15.3 Å². The Morgan fingerprint density at radius 2 is 1.52 bits per heavy atom. The number of allylic oxidation sites excluding steroid dienone is 4. The number of phenols is 3. The number of aryl methyl sites for hydroxylation is 1. The highest BCUT2D eigenvalue weighted by atomic mass is 16.3. The van der Waals surface area contributed by atoms with Crippen LogP contribution in [0.15, 0.2) is 44.6 Å². The molecule has 5 heteroatoms. The Hall–Kier alpha value is -3.21. The summed E-state index contributed by atoms with van der Waals surface area (Å²) < 4.78 is 5.85. The number of phenolic OH excluding ortho intramolecular Hbond substituents is 3. The first-order valence-electron chi connectivity index (χ1n) is 9.54. The van der Waals surface area contributed by atoms with Crippen molar-refractivity contribution in [3.63, 3.8) is 0 Å². The molecule has 0 fully saturated rings. The second kappa shape index (κ2) is 7.66. The van der Waals surface area contributed by atoms with Crippen LogP contribution in [0.4, 0.5) is 0 Å². The van der Waals surface area contributed by atoms with Gasteiger partial charge in [-0.25, -0.2) is 0 Å². The maximum Gasteiger partial charge on any atom is 0.208 e. The molecule has 29 heavy (non-hydrogen) atoms. The summed E-state index contributed by atoms with van der Waals surface area (Å²) in [6, 6.07) is 3.35. The molecule has 0 saturated heterocycles. The normalized spacial score (nSPS) is 11.1. The van der Waals surface area contributed by atoms with Gasteiger partial charge < -0.3 is 19.7 Å². The lowest BCUT2D eigenvalue weighted by Gasteiger charge is -2.14. The van der Waals surface area contributed by atoms with Crippen molar-refractivity contribution in [2.45, 2.75) is 47.5 Å². The Bertz CT molecular complexity index is 1230. The van der Waals surface area contributed by atoms with E-state index >= 15 is 0 Å². The molecular formula is C24H26O5. The van der Waals surface area contributed by atoms with Gasteiger partial charge in [0.05, 0.1) is 0 Å². The monoisotopic (exact) mass is 394 g/mol. The lowest BCUT2D eigenvalue weighted by atomic mass is 9.98. The number of hydrogen-bond acceptors (Lipinski definition) is 5. The number of rotatable bonds is 4. The molecule has 0 aliphatic carbocycles. The van der Waals surface area contributed by atoms with Crippen molar-refractivity contribution < 1.29 is 19.7 Å². The van der Waals surface area contributed by atoms with Gasteiger partial charge in [0.25, 0.3) is 0 Å². The molecule has 0 aliphatic rings. The van der Waals surface area contributed by atoms with Crippen LogP contribution < -0.4 is 5.43 Å². The molecule has 152 valence electrons. The van der Waals surface area contributed by atoms with Crippen molar-refractivity contribution in [3.05, 3.63) is 62.3 Å². The van der Waals surface area contributed by atoms with Gasteiger partial charge in [0, 0.05) is 11.1 Å². The van der Waals surface area contributed by atoms with Gasteiger partial charge in [-0.15, -0.1) is 0 Å². The van der Waals surface area contributed by atoms with E-state index < -0.39 is 5.43 Å². The zero-order valence-corrected chi connectivity index (χ0v) is 17.4. The highest BCUT2D eigenvalue weighted by molar-refractivity contribution is 5.99. The fraction of sp³-hybridized carbons (Fsp3) is 0.292. The number of benzene rings is 2. The molecule has 5 nitrogen and oxygen atoms in total. The highest BCUT2D eigenvalue weighted by Crippen LogP contribution is 2.40. The van der Waals surface area contributed by atoms with Gasteiger partial charge in [-0.05, 0) is 59.1 Å². The molecule has 0 unspecified atom stereocenters. The fourth-order valence-corrected chi connectivity index (χ4v) is 3.36. The van der Waals surface area contributed by atoms with E-state index in [4.69, 9.17) is 4.42 Å². The molecule has 2 aromatic carbocycles. The largest absolute Gasteiger partial charge is 0.507 e. The van der Waals surface area contributed by atoms with Gasteiger partial charge in [-0.3, -0.25) is 4.79 Å². The SMILES string of the molecule is CC(C)=CCc1ccc2oc3c(C)c(O)c(CC=C(C)C)c(O)c3c(=O)c2c1O. The van der Waals surface area contributed by atoms with Crippen LogP contribution in [0.5, 0.6) is 17.2 Å². The van der Waals surface area contributed by atoms with Crippen LogP contribution in [0.3, 0.4) is 0 Å². The summed E-state index contributed by atoms with van der Waals surface area (Å²) in [5.41, 5.74) is 3.18. The summed E-state index contributed by atoms with van der Waals surface area (Å²) >= 11 is 0. The van der Waals surface area contributed by atoms with Crippen LogP contribution in [0.25, 0.3) is 21.9 Å². The molecule has 3 aromatic rings. The van der Waals surface area contributed by atoms with Crippen LogP contribution in [0, 0.1) is 6.92 Å². The van der Waals surface area contributed by atoms with Gasteiger partial charge in [-0.2, -0.15) is 0 Å². The molecule has 0 aliphatic heterocycles. The predicted octanol–water partition coefficient (Wildman–Crippen LogP) is 5.39. The quantitative estimate of drug-likeness (QED) is 0.408. The molecular weight excluding hydrogens is 368 g/mol. The van der Waals surface area contributed by atoms with Crippen molar-refractivity contribution in [3.8, 4) is 17.2 Å². The first-order chi connectivity index (χ1) is 13.6. The van der Waals surface area contributed by atoms with Crippen LogP contribution in [0.2, 0.25) is 0 Å². The highest BCUT2D eigenvalue weighted by Gasteiger charge is 2.23. The summed E-state index contributed by atoms with van der Waals surface area (Å²) in [6.45, 7) is 9.38. The number of aromatic hydroxyl groups is 3. The Balaban J connectivity index is 2.39. The van der Waals surface area contributed by atoms with E-state index in [1.807, 2.05) is 39.8 Å². The van der Waals surface area contributed by atoms with Crippen LogP contribution in [0.1, 0.15) is 44.4 Å². The van der Waals surface area contributed by atoms with Crippen molar-refractivity contribution in [1.29, 1.82) is 0 Å². The summed E-state index contributed by atoms with van der Waals surface area (Å²) in [6.07, 6.45) is 4.58. The molecule has 0 saturated carbocycles. The standard InChI is InChI=1S/C24H26O5/c1-12(2)6-8-15-9-11-17-18(21(15)26)23(28)19-22(27)16(10-7-13(3)4)20(25)14(5)24(19)29-17/h6-7,9,11,25-27H,8,10H2,1-5H3. The van der Waals surface area contributed by atoms with Gasteiger partial charge in [0.1, 0.15) is 39.2 Å². The molecule has 0 atom stereocenters. The molecule has 0 spiro atoms. The molecule has 1 aromatic heterocycles. The minimum absolute atomic E-state index is 0.0281. The molecule has 3 rings (SSSR count). The molecule has 0 radical (unpaired) electrons. The maximum absolute atomic E-state index is 13.3. The van der Waals surface area contributed by atoms with Gasteiger partial charge >= 0.3 is 0 Å². The van der Waals surface area contributed by atoms with Gasteiger partial charge in [-0.1, -0.05) is 29.4 Å². The molecule has 0 bridgehead atoms. The summed E-state index contributed by atoms with van der Waals surface area (Å²) in [7, 11) is 0. The third kappa shape index (κ3) is 3.60. The second-order valence-electron chi connectivity index (χ2n) is 7.85. The van der Waals surface area contributed by atoms with Crippen LogP contribution >= 0.6 is 0 Å². The Labute approximate surface area is 169 Å². The van der Waals surface area contributed by atoms with Crippen molar-refractivity contribution >= 4 is 21.9 Å². The van der Waals surface area contributed by atoms with E-state index in [0.717, 1.165) is 11.1 Å². The third-order valence-electron chi connectivity index (χ3n) is 5.07. The number of hydrogen-bond donors (Lipinski definition) is 3. The summed E-state index contributed by atoms with van der Waals surface area (Å²) in [5.74, 6) is -0.559. The van der Waals surface area contributed by atoms with E-state index in [2.05, 4.69) is 0 Å². The summed E-state index contributed by atoms with van der Waals surface area (Å²) in [5, 5.41) is 32.1. The smallest absolute Gasteiger partial charge is 0.208 e. The first-order valence-corrected chi connectivity index (χ1v) is 9.54. The van der Waals surface area contributed by atoms with Crippen molar-refractivity contribution in [2.75, 3.05) is 0 Å². The summed E-state index contributed by atoms with van der Waals surface area (Å²) in [4.78, 5) is 13.3. The second-order valence-corrected chi connectivity index (χ2v) is 7.85. The van der Waals surface area contributed by atoms with Gasteiger partial charge in [0.2, 0.25) is 5.43 Å². The minimum atomic E-state index is -0.517. The van der Waals surface area contributed by atoms with Crippen LogP contribution in [-0.2, 0) is 12.8 Å². The minimum Gasteiger partial charge on any atom is -0.507 e. The van der Waals surface area contributed by atoms with E-state index in [1.165, 1.54) is 0 Å². The maximum atomic E-state index is 13.3. The first kappa shape index (κ1) is 20.5. The third-order valence-corrected chi connectivity index (χ3v) is 5.07. The topological polar surface area (TPSA) is 90.9 Å². The Morgan fingerprint density at radius 1 is 0.897 bits per heavy atom. The average molecular weight is 394 g/mol. The average Bonchev–Trinajstić information content (AvgIpc) is 2.64. The molecule has 1 heterocycles. The van der Waals surface area contributed by atoms with E-state index in [9.17, 15) is 20.1 Å². The fourth-order valence-electron chi connectivity index (χ4n) is 3.36. The number of fused-ring (bicyclic) bond motifs is 2. The van der Waals surface area contributed by atoms with Crippen molar-refractivity contribution in [2.24, 2.45) is 0 Å². The van der Waals surface area contributed by atoms with Crippen molar-refractivity contribution in [1.82, 2.24) is 0 Å². The van der Waals surface area contributed by atoms with E-state index in [1.54, 1.807) is 19.1 Å². The lowest BCUT2D eigenvalue weighted by Crippen LogP contribution is -2.06. The Morgan fingerprint density at radius 3 is 2.14 bits per heavy atom. The molecule has 0 amide bonds. The lowest BCUT2D eigenvalue weighted by molar-refractivity contribution is 0.440.